The largest absolute Gasteiger partial charge is 0.298 e. The van der Waals surface area contributed by atoms with Crippen molar-refractivity contribution in [2.75, 3.05) is 31.5 Å². The standard InChI is InChI=1S/C22H24N4O3S2/c27-21(24-22-23-19-3-1-2-4-20(19)30-22)17-7-5-16(6-8-17)15-25-11-13-26(14-12-25)31(28,29)18-9-10-18/h1-8,18H,9-15H2,(H,23,24,27). The molecule has 3 aromatic rings. The van der Waals surface area contributed by atoms with E-state index in [2.05, 4.69) is 15.2 Å². The lowest BCUT2D eigenvalue weighted by molar-refractivity contribution is 0.102. The highest BCUT2D eigenvalue weighted by Gasteiger charge is 2.40. The molecule has 0 radical (unpaired) electrons. The molecule has 0 spiro atoms. The first-order valence-corrected chi connectivity index (χ1v) is 12.8. The van der Waals surface area contributed by atoms with Gasteiger partial charge in [0, 0.05) is 38.3 Å². The highest BCUT2D eigenvalue weighted by Crippen LogP contribution is 2.31. The summed E-state index contributed by atoms with van der Waals surface area (Å²) in [6.45, 7) is 3.32. The number of hydrogen-bond acceptors (Lipinski definition) is 6. The van der Waals surface area contributed by atoms with Crippen LogP contribution in [0.25, 0.3) is 10.2 Å². The van der Waals surface area contributed by atoms with Gasteiger partial charge in [-0.2, -0.15) is 4.31 Å². The maximum atomic E-state index is 12.6. The van der Waals surface area contributed by atoms with Crippen molar-refractivity contribution in [3.63, 3.8) is 0 Å². The van der Waals surface area contributed by atoms with Crippen molar-refractivity contribution in [2.45, 2.75) is 24.6 Å². The van der Waals surface area contributed by atoms with Gasteiger partial charge < -0.3 is 0 Å². The van der Waals surface area contributed by atoms with Crippen LogP contribution in [0.1, 0.15) is 28.8 Å². The summed E-state index contributed by atoms with van der Waals surface area (Å²) in [5.41, 5.74) is 2.57. The minimum absolute atomic E-state index is 0.138. The van der Waals surface area contributed by atoms with Crippen LogP contribution in [0.15, 0.2) is 48.5 Å². The van der Waals surface area contributed by atoms with E-state index < -0.39 is 10.0 Å². The zero-order valence-corrected chi connectivity index (χ0v) is 18.7. The molecule has 0 atom stereocenters. The second-order valence-electron chi connectivity index (χ2n) is 8.06. The lowest BCUT2D eigenvalue weighted by Crippen LogP contribution is -2.49. The minimum Gasteiger partial charge on any atom is -0.298 e. The molecule has 1 aliphatic heterocycles. The predicted octanol–water partition coefficient (Wildman–Crippen LogP) is 3.16. The second kappa shape index (κ2) is 8.31. The van der Waals surface area contributed by atoms with E-state index in [1.807, 2.05) is 48.5 Å². The van der Waals surface area contributed by atoms with E-state index in [4.69, 9.17) is 0 Å². The molecule has 1 amide bonds. The third-order valence-corrected chi connectivity index (χ3v) is 9.12. The summed E-state index contributed by atoms with van der Waals surface area (Å²) in [5, 5.41) is 3.33. The average Bonchev–Trinajstić information content (AvgIpc) is 3.56. The molecule has 7 nitrogen and oxygen atoms in total. The molecule has 0 bridgehead atoms. The molecule has 0 unspecified atom stereocenters. The van der Waals surface area contributed by atoms with Crippen molar-refractivity contribution in [2.24, 2.45) is 0 Å². The normalized spacial score (nSPS) is 18.3. The lowest BCUT2D eigenvalue weighted by Gasteiger charge is -2.34. The van der Waals surface area contributed by atoms with Crippen molar-refractivity contribution >= 4 is 42.6 Å². The predicted molar refractivity (Wildman–Crippen MR) is 123 cm³/mol. The lowest BCUT2D eigenvalue weighted by atomic mass is 10.1. The number of rotatable bonds is 6. The number of carbonyl (C=O) groups is 1. The summed E-state index contributed by atoms with van der Waals surface area (Å²) in [7, 11) is -3.08. The van der Waals surface area contributed by atoms with Crippen LogP contribution < -0.4 is 5.32 Å². The number of piperazine rings is 1. The fraction of sp³-hybridized carbons (Fsp3) is 0.364. The molecular formula is C22H24N4O3S2. The van der Waals surface area contributed by atoms with Crippen LogP contribution in [0, 0.1) is 0 Å². The van der Waals surface area contributed by atoms with E-state index >= 15 is 0 Å². The van der Waals surface area contributed by atoms with Crippen LogP contribution in [0.2, 0.25) is 0 Å². The van der Waals surface area contributed by atoms with E-state index in [0.717, 1.165) is 48.3 Å². The van der Waals surface area contributed by atoms with Gasteiger partial charge >= 0.3 is 0 Å². The second-order valence-corrected chi connectivity index (χ2v) is 11.3. The molecule has 5 rings (SSSR count). The van der Waals surface area contributed by atoms with E-state index in [9.17, 15) is 13.2 Å². The van der Waals surface area contributed by atoms with Crippen molar-refractivity contribution in [3.8, 4) is 0 Å². The summed E-state index contributed by atoms with van der Waals surface area (Å²) in [6.07, 6.45) is 1.61. The molecule has 9 heteroatoms. The van der Waals surface area contributed by atoms with Gasteiger partial charge in [-0.1, -0.05) is 35.6 Å². The van der Waals surface area contributed by atoms with Crippen molar-refractivity contribution in [1.82, 2.24) is 14.2 Å². The Labute approximate surface area is 185 Å². The van der Waals surface area contributed by atoms with E-state index in [0.29, 0.717) is 23.8 Å². The summed E-state index contributed by atoms with van der Waals surface area (Å²) >= 11 is 1.46. The Morgan fingerprint density at radius 1 is 1.03 bits per heavy atom. The zero-order valence-electron chi connectivity index (χ0n) is 17.0. The number of carbonyl (C=O) groups excluding carboxylic acids is 1. The molecule has 2 aliphatic rings. The molecule has 1 N–H and O–H groups in total. The third kappa shape index (κ3) is 4.50. The van der Waals surface area contributed by atoms with Crippen molar-refractivity contribution in [1.29, 1.82) is 0 Å². The molecule has 1 aromatic heterocycles. The molecule has 162 valence electrons. The first-order chi connectivity index (χ1) is 15.0. The molecule has 1 saturated heterocycles. The third-order valence-electron chi connectivity index (χ3n) is 5.77. The Morgan fingerprint density at radius 3 is 2.42 bits per heavy atom. The number of para-hydroxylation sites is 1. The van der Waals surface area contributed by atoms with Gasteiger partial charge in [0.05, 0.1) is 15.5 Å². The maximum Gasteiger partial charge on any atom is 0.257 e. The van der Waals surface area contributed by atoms with Crippen LogP contribution in [-0.4, -0.2) is 59.9 Å². The Hall–Kier alpha value is -2.33. The van der Waals surface area contributed by atoms with Gasteiger partial charge in [-0.25, -0.2) is 13.4 Å². The minimum atomic E-state index is -3.08. The number of nitrogens with zero attached hydrogens (tertiary/aromatic N) is 3. The first kappa shape index (κ1) is 20.6. The monoisotopic (exact) mass is 456 g/mol. The summed E-state index contributed by atoms with van der Waals surface area (Å²) in [5.74, 6) is -0.176. The fourth-order valence-electron chi connectivity index (χ4n) is 3.83. The molecule has 31 heavy (non-hydrogen) atoms. The van der Waals surface area contributed by atoms with Gasteiger partial charge in [0.25, 0.3) is 5.91 Å². The fourth-order valence-corrected chi connectivity index (χ4v) is 6.52. The topological polar surface area (TPSA) is 82.6 Å². The number of amides is 1. The number of aromatic nitrogens is 1. The molecule has 2 heterocycles. The summed E-state index contributed by atoms with van der Waals surface area (Å²) < 4.78 is 27.4. The summed E-state index contributed by atoms with van der Waals surface area (Å²) in [6, 6.07) is 15.4. The molecular weight excluding hydrogens is 432 g/mol. The van der Waals surface area contributed by atoms with Crippen molar-refractivity contribution in [3.05, 3.63) is 59.7 Å². The van der Waals surface area contributed by atoms with Crippen LogP contribution in [0.3, 0.4) is 0 Å². The Bertz CT molecular complexity index is 1160. The number of anilines is 1. The van der Waals surface area contributed by atoms with E-state index in [-0.39, 0.29) is 11.2 Å². The quantitative estimate of drug-likeness (QED) is 0.616. The maximum absolute atomic E-state index is 12.6. The molecule has 2 aromatic carbocycles. The molecule has 1 saturated carbocycles. The Morgan fingerprint density at radius 2 is 1.74 bits per heavy atom. The highest BCUT2D eigenvalue weighted by atomic mass is 32.2. The first-order valence-electron chi connectivity index (χ1n) is 10.5. The van der Waals surface area contributed by atoms with Crippen molar-refractivity contribution < 1.29 is 13.2 Å². The van der Waals surface area contributed by atoms with Crippen LogP contribution in [-0.2, 0) is 16.6 Å². The summed E-state index contributed by atoms with van der Waals surface area (Å²) in [4.78, 5) is 19.3. The number of nitrogens with one attached hydrogen (secondary N) is 1. The molecule has 1 aliphatic carbocycles. The highest BCUT2D eigenvalue weighted by molar-refractivity contribution is 7.90. The number of thiazole rings is 1. The number of hydrogen-bond donors (Lipinski definition) is 1. The van der Waals surface area contributed by atoms with Gasteiger partial charge in [-0.3, -0.25) is 15.0 Å². The van der Waals surface area contributed by atoms with E-state index in [1.54, 1.807) is 4.31 Å². The van der Waals surface area contributed by atoms with Gasteiger partial charge in [0.15, 0.2) is 5.13 Å². The Balaban J connectivity index is 1.16. The zero-order chi connectivity index (χ0) is 21.4. The Kier molecular flexibility index (Phi) is 5.51. The average molecular weight is 457 g/mol. The number of fused-ring (bicyclic) bond motifs is 1. The van der Waals surface area contributed by atoms with Gasteiger partial charge in [-0.05, 0) is 42.7 Å². The van der Waals surface area contributed by atoms with Gasteiger partial charge in [-0.15, -0.1) is 0 Å². The number of benzene rings is 2. The molecule has 2 fully saturated rings. The van der Waals surface area contributed by atoms with Crippen LogP contribution in [0.4, 0.5) is 5.13 Å². The van der Waals surface area contributed by atoms with Gasteiger partial charge in [0.1, 0.15) is 0 Å². The van der Waals surface area contributed by atoms with Gasteiger partial charge in [0.2, 0.25) is 10.0 Å². The van der Waals surface area contributed by atoms with Crippen LogP contribution in [0.5, 0.6) is 0 Å². The smallest absolute Gasteiger partial charge is 0.257 e. The van der Waals surface area contributed by atoms with E-state index in [1.165, 1.54) is 11.3 Å². The SMILES string of the molecule is O=C(Nc1nc2ccccc2s1)c1ccc(CN2CCN(S(=O)(=O)C3CC3)CC2)cc1. The number of sulfonamides is 1. The van der Waals surface area contributed by atoms with Crippen LogP contribution >= 0.6 is 11.3 Å².